The number of primary sulfonamides is 1. The van der Waals surface area contributed by atoms with Crippen LogP contribution in [0, 0.1) is 0 Å². The molecule has 0 unspecified atom stereocenters. The lowest BCUT2D eigenvalue weighted by molar-refractivity contribution is 0.593. The number of aromatic nitrogens is 2. The Bertz CT molecular complexity index is 405. The number of rotatable bonds is 3. The normalized spacial score (nSPS) is 17.6. The number of hydrogen-bond donors (Lipinski definition) is 1. The fourth-order valence-electron chi connectivity index (χ4n) is 1.33. The van der Waals surface area contributed by atoms with Gasteiger partial charge in [0.2, 0.25) is 10.0 Å². The fourth-order valence-corrected chi connectivity index (χ4v) is 1.97. The summed E-state index contributed by atoms with van der Waals surface area (Å²) in [5.41, 5.74) is 0.685. The zero-order valence-electron chi connectivity index (χ0n) is 7.05. The molecule has 2 rings (SSSR count). The van der Waals surface area contributed by atoms with Crippen LogP contribution in [-0.4, -0.2) is 18.0 Å². The van der Waals surface area contributed by atoms with E-state index in [-0.39, 0.29) is 5.75 Å². The standard InChI is InChI=1S/C7H11N3O2S/c8-13(11,12)4-7-3-9-5-10(7)6-1-2-6/h3,5-6H,1-2,4H2,(H2,8,11,12). The van der Waals surface area contributed by atoms with E-state index in [1.165, 1.54) is 0 Å². The van der Waals surface area contributed by atoms with E-state index in [9.17, 15) is 8.42 Å². The van der Waals surface area contributed by atoms with Gasteiger partial charge >= 0.3 is 0 Å². The van der Waals surface area contributed by atoms with Crippen molar-refractivity contribution < 1.29 is 8.42 Å². The number of hydrogen-bond acceptors (Lipinski definition) is 3. The summed E-state index contributed by atoms with van der Waals surface area (Å²) in [5, 5.41) is 4.95. The predicted octanol–water partition coefficient (Wildman–Crippen LogP) is 0.00650. The number of imidazole rings is 1. The Morgan fingerprint density at radius 1 is 1.62 bits per heavy atom. The highest BCUT2D eigenvalue weighted by atomic mass is 32.2. The third kappa shape index (κ3) is 2.07. The van der Waals surface area contributed by atoms with E-state index in [1.54, 1.807) is 12.5 Å². The van der Waals surface area contributed by atoms with Crippen LogP contribution in [0.25, 0.3) is 0 Å². The Hall–Kier alpha value is -0.880. The van der Waals surface area contributed by atoms with E-state index < -0.39 is 10.0 Å². The lowest BCUT2D eigenvalue weighted by Gasteiger charge is -2.03. The topological polar surface area (TPSA) is 78.0 Å². The first-order valence-electron chi connectivity index (χ1n) is 4.07. The molecule has 0 saturated heterocycles. The molecule has 5 nitrogen and oxygen atoms in total. The lowest BCUT2D eigenvalue weighted by atomic mass is 10.5. The maximum atomic E-state index is 10.8. The molecule has 0 aliphatic heterocycles. The number of nitrogens with zero attached hydrogens (tertiary/aromatic N) is 2. The van der Waals surface area contributed by atoms with E-state index in [0.29, 0.717) is 11.7 Å². The fraction of sp³-hybridized carbons (Fsp3) is 0.571. The average molecular weight is 201 g/mol. The molecule has 2 N–H and O–H groups in total. The Kier molecular flexibility index (Phi) is 1.88. The lowest BCUT2D eigenvalue weighted by Crippen LogP contribution is -2.16. The first kappa shape index (κ1) is 8.71. The second-order valence-electron chi connectivity index (χ2n) is 3.33. The van der Waals surface area contributed by atoms with E-state index in [1.807, 2.05) is 4.57 Å². The largest absolute Gasteiger partial charge is 0.330 e. The third-order valence-electron chi connectivity index (χ3n) is 2.04. The zero-order chi connectivity index (χ0) is 9.47. The van der Waals surface area contributed by atoms with Crippen LogP contribution in [0.2, 0.25) is 0 Å². The molecule has 1 heterocycles. The number of sulfonamides is 1. The molecule has 0 bridgehead atoms. The molecule has 0 atom stereocenters. The summed E-state index contributed by atoms with van der Waals surface area (Å²) in [5.74, 6) is -0.122. The third-order valence-corrected chi connectivity index (χ3v) is 2.73. The zero-order valence-corrected chi connectivity index (χ0v) is 7.87. The van der Waals surface area contributed by atoms with Gasteiger partial charge < -0.3 is 4.57 Å². The SMILES string of the molecule is NS(=O)(=O)Cc1cncn1C1CC1. The van der Waals surface area contributed by atoms with Crippen molar-refractivity contribution in [1.29, 1.82) is 0 Å². The molecule has 0 spiro atoms. The van der Waals surface area contributed by atoms with Gasteiger partial charge in [-0.05, 0) is 12.8 Å². The van der Waals surface area contributed by atoms with Crippen LogP contribution in [0.3, 0.4) is 0 Å². The molecule has 1 aromatic heterocycles. The van der Waals surface area contributed by atoms with Crippen molar-refractivity contribution in [2.45, 2.75) is 24.6 Å². The van der Waals surface area contributed by atoms with Gasteiger partial charge in [-0.2, -0.15) is 0 Å². The van der Waals surface area contributed by atoms with Gasteiger partial charge in [0, 0.05) is 12.2 Å². The summed E-state index contributed by atoms with van der Waals surface area (Å²) in [6, 6.07) is 0.444. The van der Waals surface area contributed by atoms with Crippen LogP contribution >= 0.6 is 0 Å². The second-order valence-corrected chi connectivity index (χ2v) is 4.95. The summed E-state index contributed by atoms with van der Waals surface area (Å²) in [6.07, 6.45) is 5.43. The van der Waals surface area contributed by atoms with E-state index >= 15 is 0 Å². The molecule has 1 fully saturated rings. The quantitative estimate of drug-likeness (QED) is 0.748. The van der Waals surface area contributed by atoms with Gasteiger partial charge in [-0.15, -0.1) is 0 Å². The monoisotopic (exact) mass is 201 g/mol. The summed E-state index contributed by atoms with van der Waals surface area (Å²) in [4.78, 5) is 3.91. The van der Waals surface area contributed by atoms with Gasteiger partial charge in [-0.25, -0.2) is 18.5 Å². The van der Waals surface area contributed by atoms with Crippen LogP contribution in [0.5, 0.6) is 0 Å². The van der Waals surface area contributed by atoms with E-state index in [0.717, 1.165) is 12.8 Å². The summed E-state index contributed by atoms with van der Waals surface area (Å²) >= 11 is 0. The van der Waals surface area contributed by atoms with Crippen molar-refractivity contribution in [1.82, 2.24) is 9.55 Å². The Balaban J connectivity index is 2.24. The molecule has 0 radical (unpaired) electrons. The van der Waals surface area contributed by atoms with Crippen molar-refractivity contribution >= 4 is 10.0 Å². The molecule has 1 saturated carbocycles. The van der Waals surface area contributed by atoms with Crippen LogP contribution in [-0.2, 0) is 15.8 Å². The molecule has 72 valence electrons. The van der Waals surface area contributed by atoms with Gasteiger partial charge in [0.25, 0.3) is 0 Å². The molecule has 13 heavy (non-hydrogen) atoms. The van der Waals surface area contributed by atoms with Gasteiger partial charge in [0.1, 0.15) is 5.75 Å². The molecule has 1 aromatic rings. The molecular formula is C7H11N3O2S. The highest BCUT2D eigenvalue weighted by molar-refractivity contribution is 7.88. The maximum Gasteiger partial charge on any atom is 0.214 e. The van der Waals surface area contributed by atoms with Crippen molar-refractivity contribution in [3.63, 3.8) is 0 Å². The molecule has 1 aliphatic rings. The molecule has 6 heteroatoms. The first-order chi connectivity index (χ1) is 6.06. The average Bonchev–Trinajstić information content (AvgIpc) is 2.72. The minimum absolute atomic E-state index is 0.122. The summed E-state index contributed by atoms with van der Waals surface area (Å²) in [6.45, 7) is 0. The predicted molar refractivity (Wildman–Crippen MR) is 47.3 cm³/mol. The van der Waals surface area contributed by atoms with E-state index in [2.05, 4.69) is 4.98 Å². The summed E-state index contributed by atoms with van der Waals surface area (Å²) < 4.78 is 23.6. The van der Waals surface area contributed by atoms with Crippen molar-refractivity contribution in [2.75, 3.05) is 0 Å². The van der Waals surface area contributed by atoms with Gasteiger partial charge in [-0.3, -0.25) is 0 Å². The highest BCUT2D eigenvalue weighted by Crippen LogP contribution is 2.35. The highest BCUT2D eigenvalue weighted by Gasteiger charge is 2.26. The Morgan fingerprint density at radius 3 is 2.85 bits per heavy atom. The van der Waals surface area contributed by atoms with Crippen molar-refractivity contribution in [3.8, 4) is 0 Å². The molecule has 0 amide bonds. The minimum Gasteiger partial charge on any atom is -0.330 e. The number of nitrogens with two attached hydrogens (primary N) is 1. The Labute approximate surface area is 76.6 Å². The minimum atomic E-state index is -3.44. The van der Waals surface area contributed by atoms with Crippen LogP contribution in [0.1, 0.15) is 24.6 Å². The van der Waals surface area contributed by atoms with Crippen molar-refractivity contribution in [3.05, 3.63) is 18.2 Å². The maximum absolute atomic E-state index is 10.8. The van der Waals surface area contributed by atoms with Crippen LogP contribution < -0.4 is 5.14 Å². The van der Waals surface area contributed by atoms with Crippen LogP contribution in [0.15, 0.2) is 12.5 Å². The molecule has 1 aliphatic carbocycles. The van der Waals surface area contributed by atoms with Crippen LogP contribution in [0.4, 0.5) is 0 Å². The van der Waals surface area contributed by atoms with E-state index in [4.69, 9.17) is 5.14 Å². The second kappa shape index (κ2) is 2.81. The molecule has 0 aromatic carbocycles. The van der Waals surface area contributed by atoms with Gasteiger partial charge in [0.15, 0.2) is 0 Å². The first-order valence-corrected chi connectivity index (χ1v) is 5.79. The smallest absolute Gasteiger partial charge is 0.214 e. The van der Waals surface area contributed by atoms with Gasteiger partial charge in [-0.1, -0.05) is 0 Å². The summed E-state index contributed by atoms with van der Waals surface area (Å²) in [7, 11) is -3.44. The van der Waals surface area contributed by atoms with Gasteiger partial charge in [0.05, 0.1) is 12.0 Å². The Morgan fingerprint density at radius 2 is 2.31 bits per heavy atom. The van der Waals surface area contributed by atoms with Crippen molar-refractivity contribution in [2.24, 2.45) is 5.14 Å². The molecular weight excluding hydrogens is 190 g/mol.